The summed E-state index contributed by atoms with van der Waals surface area (Å²) in [5.74, 6) is -2.06. The number of carboxylic acid groups (broad SMARTS) is 1. The molecule has 0 saturated carbocycles. The second-order valence-electron chi connectivity index (χ2n) is 2.43. The van der Waals surface area contributed by atoms with E-state index < -0.39 is 29.2 Å². The zero-order chi connectivity index (χ0) is 10.9. The summed E-state index contributed by atoms with van der Waals surface area (Å²) in [6.07, 6.45) is -4.62. The average Bonchev–Trinajstić information content (AvgIpc) is 2.01. The molecule has 4 nitrogen and oxygen atoms in total. The molecule has 1 rings (SSSR count). The first-order chi connectivity index (χ1) is 6.32. The molecule has 3 N–H and O–H groups in total. The van der Waals surface area contributed by atoms with Gasteiger partial charge in [0.25, 0.3) is 0 Å². The molecule has 0 radical (unpaired) electrons. The predicted octanol–water partition coefficient (Wildman–Crippen LogP) is 1.38. The molecule has 1 heterocycles. The van der Waals surface area contributed by atoms with Crippen molar-refractivity contribution in [3.8, 4) is 0 Å². The van der Waals surface area contributed by atoms with E-state index in [1.807, 2.05) is 0 Å². The average molecular weight is 206 g/mol. The molecule has 0 atom stereocenters. The van der Waals surface area contributed by atoms with E-state index in [4.69, 9.17) is 10.8 Å². The topological polar surface area (TPSA) is 76.2 Å². The molecule has 0 unspecified atom stereocenters. The van der Waals surface area contributed by atoms with Crippen molar-refractivity contribution in [3.63, 3.8) is 0 Å². The lowest BCUT2D eigenvalue weighted by atomic mass is 10.2. The Balaban J connectivity index is 3.20. The minimum absolute atomic E-state index is 0.446. The number of hydrogen-bond acceptors (Lipinski definition) is 3. The first-order valence-corrected chi connectivity index (χ1v) is 3.39. The fourth-order valence-corrected chi connectivity index (χ4v) is 0.814. The Morgan fingerprint density at radius 1 is 1.43 bits per heavy atom. The number of aromatic carboxylic acids is 1. The second-order valence-corrected chi connectivity index (χ2v) is 2.43. The van der Waals surface area contributed by atoms with Gasteiger partial charge < -0.3 is 10.8 Å². The Hall–Kier alpha value is -1.79. The predicted molar refractivity (Wildman–Crippen MR) is 40.6 cm³/mol. The molecule has 7 heteroatoms. The van der Waals surface area contributed by atoms with Crippen molar-refractivity contribution < 1.29 is 23.1 Å². The summed E-state index contributed by atoms with van der Waals surface area (Å²) < 4.78 is 36.1. The third-order valence-corrected chi connectivity index (χ3v) is 1.45. The van der Waals surface area contributed by atoms with Gasteiger partial charge in [0.1, 0.15) is 17.1 Å². The van der Waals surface area contributed by atoms with Crippen LogP contribution in [0.3, 0.4) is 0 Å². The van der Waals surface area contributed by atoms with Crippen LogP contribution < -0.4 is 5.73 Å². The van der Waals surface area contributed by atoms with Crippen LogP contribution in [0.5, 0.6) is 0 Å². The lowest BCUT2D eigenvalue weighted by Gasteiger charge is -2.07. The van der Waals surface area contributed by atoms with Gasteiger partial charge in [0, 0.05) is 0 Å². The van der Waals surface area contributed by atoms with Crippen LogP contribution in [0.1, 0.15) is 16.1 Å². The highest BCUT2D eigenvalue weighted by Crippen LogP contribution is 2.28. The van der Waals surface area contributed by atoms with Gasteiger partial charge >= 0.3 is 12.1 Å². The number of alkyl halides is 3. The Bertz CT molecular complexity index is 376. The lowest BCUT2D eigenvalue weighted by Crippen LogP contribution is -2.12. The largest absolute Gasteiger partial charge is 0.478 e. The van der Waals surface area contributed by atoms with Gasteiger partial charge in [-0.3, -0.25) is 0 Å². The number of nitrogen functional groups attached to an aromatic ring is 1. The third-order valence-electron chi connectivity index (χ3n) is 1.45. The van der Waals surface area contributed by atoms with Crippen LogP contribution in [0, 0.1) is 0 Å². The van der Waals surface area contributed by atoms with Crippen LogP contribution in [0.4, 0.5) is 19.0 Å². The van der Waals surface area contributed by atoms with Gasteiger partial charge in [-0.1, -0.05) is 0 Å². The van der Waals surface area contributed by atoms with Gasteiger partial charge in [-0.25, -0.2) is 9.78 Å². The number of rotatable bonds is 1. The standard InChI is InChI=1S/C7H5F3N2O2/c8-7(9,10)4-2-1-3(6(13)14)5(11)12-4/h1-2H,(H2,11,12)(H,13,14). The lowest BCUT2D eigenvalue weighted by molar-refractivity contribution is -0.141. The molecule has 1 aromatic rings. The van der Waals surface area contributed by atoms with Crippen LogP contribution in [0.25, 0.3) is 0 Å². The second kappa shape index (κ2) is 3.17. The maximum absolute atomic E-state index is 12.0. The molecule has 14 heavy (non-hydrogen) atoms. The van der Waals surface area contributed by atoms with Crippen LogP contribution in [0.2, 0.25) is 0 Å². The van der Waals surface area contributed by atoms with Crippen molar-refractivity contribution in [2.24, 2.45) is 0 Å². The van der Waals surface area contributed by atoms with Gasteiger partial charge in [-0.2, -0.15) is 13.2 Å². The van der Waals surface area contributed by atoms with Crippen molar-refractivity contribution in [2.75, 3.05) is 5.73 Å². The highest BCUT2D eigenvalue weighted by Gasteiger charge is 2.33. The SMILES string of the molecule is Nc1nc(C(F)(F)F)ccc1C(=O)O. The number of hydrogen-bond donors (Lipinski definition) is 2. The summed E-state index contributed by atoms with van der Waals surface area (Å²) in [6.45, 7) is 0. The molecule has 0 aromatic carbocycles. The minimum atomic E-state index is -4.62. The van der Waals surface area contributed by atoms with Crippen LogP contribution in [-0.4, -0.2) is 16.1 Å². The maximum Gasteiger partial charge on any atom is 0.433 e. The van der Waals surface area contributed by atoms with E-state index in [-0.39, 0.29) is 0 Å². The fourth-order valence-electron chi connectivity index (χ4n) is 0.814. The fraction of sp³-hybridized carbons (Fsp3) is 0.143. The van der Waals surface area contributed by atoms with E-state index in [0.717, 1.165) is 6.07 Å². The zero-order valence-electron chi connectivity index (χ0n) is 6.67. The van der Waals surface area contributed by atoms with Crippen LogP contribution in [0.15, 0.2) is 12.1 Å². The maximum atomic E-state index is 12.0. The van der Waals surface area contributed by atoms with Gasteiger partial charge in [0.05, 0.1) is 0 Å². The quantitative estimate of drug-likeness (QED) is 0.727. The molecule has 0 aliphatic heterocycles. The minimum Gasteiger partial charge on any atom is -0.478 e. The molecule has 0 aliphatic carbocycles. The molecule has 76 valence electrons. The van der Waals surface area contributed by atoms with Gasteiger partial charge in [0.2, 0.25) is 0 Å². The molecule has 0 saturated heterocycles. The molecule has 0 spiro atoms. The van der Waals surface area contributed by atoms with Gasteiger partial charge in [-0.15, -0.1) is 0 Å². The van der Waals surface area contributed by atoms with E-state index in [2.05, 4.69) is 4.98 Å². The number of carbonyl (C=O) groups is 1. The summed E-state index contributed by atoms with van der Waals surface area (Å²) in [5.41, 5.74) is 3.37. The number of halogens is 3. The van der Waals surface area contributed by atoms with Crippen molar-refractivity contribution in [2.45, 2.75) is 6.18 Å². The Kier molecular flexibility index (Phi) is 2.33. The Morgan fingerprint density at radius 3 is 2.36 bits per heavy atom. The summed E-state index contributed by atoms with van der Waals surface area (Å²) in [7, 11) is 0. The van der Waals surface area contributed by atoms with E-state index in [0.29, 0.717) is 6.07 Å². The monoisotopic (exact) mass is 206 g/mol. The molecular formula is C7H5F3N2O2. The van der Waals surface area contributed by atoms with Crippen LogP contribution >= 0.6 is 0 Å². The number of anilines is 1. The van der Waals surface area contributed by atoms with E-state index in [9.17, 15) is 18.0 Å². The first kappa shape index (κ1) is 10.3. The van der Waals surface area contributed by atoms with Crippen molar-refractivity contribution in [1.82, 2.24) is 4.98 Å². The molecule has 1 aromatic heterocycles. The number of nitrogens with zero attached hydrogens (tertiary/aromatic N) is 1. The number of aromatic nitrogens is 1. The highest BCUT2D eigenvalue weighted by molar-refractivity contribution is 5.92. The van der Waals surface area contributed by atoms with Crippen molar-refractivity contribution >= 4 is 11.8 Å². The molecule has 0 amide bonds. The van der Waals surface area contributed by atoms with E-state index >= 15 is 0 Å². The highest BCUT2D eigenvalue weighted by atomic mass is 19.4. The Labute approximate surface area is 76.2 Å². The summed E-state index contributed by atoms with van der Waals surface area (Å²) in [5, 5.41) is 8.46. The van der Waals surface area contributed by atoms with Gasteiger partial charge in [0.15, 0.2) is 0 Å². The number of carboxylic acids is 1. The summed E-state index contributed by atoms with van der Waals surface area (Å²) in [4.78, 5) is 13.3. The number of pyridine rings is 1. The van der Waals surface area contributed by atoms with E-state index in [1.165, 1.54) is 0 Å². The van der Waals surface area contributed by atoms with E-state index in [1.54, 1.807) is 0 Å². The van der Waals surface area contributed by atoms with Crippen molar-refractivity contribution in [1.29, 1.82) is 0 Å². The molecule has 0 aliphatic rings. The molecular weight excluding hydrogens is 201 g/mol. The van der Waals surface area contributed by atoms with Crippen LogP contribution in [-0.2, 0) is 6.18 Å². The normalized spacial score (nSPS) is 11.4. The first-order valence-electron chi connectivity index (χ1n) is 3.39. The Morgan fingerprint density at radius 2 is 2.00 bits per heavy atom. The smallest absolute Gasteiger partial charge is 0.433 e. The summed E-state index contributed by atoms with van der Waals surface area (Å²) in [6, 6.07) is 1.34. The van der Waals surface area contributed by atoms with Crippen molar-refractivity contribution in [3.05, 3.63) is 23.4 Å². The summed E-state index contributed by atoms with van der Waals surface area (Å²) >= 11 is 0. The number of nitrogens with two attached hydrogens (primary N) is 1. The molecule has 0 bridgehead atoms. The molecule has 0 fully saturated rings. The zero-order valence-corrected chi connectivity index (χ0v) is 6.67. The van der Waals surface area contributed by atoms with Gasteiger partial charge in [-0.05, 0) is 12.1 Å². The third kappa shape index (κ3) is 1.93.